The number of ether oxygens (including phenoxy) is 1. The van der Waals surface area contributed by atoms with Gasteiger partial charge >= 0.3 is 12.1 Å². The Morgan fingerprint density at radius 2 is 2.05 bits per heavy atom. The molecule has 1 aliphatic rings. The van der Waals surface area contributed by atoms with Crippen molar-refractivity contribution in [3.8, 4) is 0 Å². The van der Waals surface area contributed by atoms with Crippen LogP contribution >= 0.6 is 15.9 Å². The van der Waals surface area contributed by atoms with Crippen molar-refractivity contribution in [2.45, 2.75) is 31.4 Å². The van der Waals surface area contributed by atoms with Crippen LogP contribution in [0.5, 0.6) is 0 Å². The highest BCUT2D eigenvalue weighted by molar-refractivity contribution is 9.10. The molecule has 2 rings (SSSR count). The second kappa shape index (κ2) is 4.81. The molecule has 0 spiro atoms. The molecule has 0 atom stereocenters. The lowest BCUT2D eigenvalue weighted by Crippen LogP contribution is -2.26. The first-order valence-corrected chi connectivity index (χ1v) is 6.65. The lowest BCUT2D eigenvalue weighted by Gasteiger charge is -2.20. The van der Waals surface area contributed by atoms with E-state index in [1.807, 2.05) is 0 Å². The number of halogens is 4. The van der Waals surface area contributed by atoms with Gasteiger partial charge in [-0.05, 0) is 37.5 Å². The van der Waals surface area contributed by atoms with Gasteiger partial charge in [-0.25, -0.2) is 0 Å². The molecule has 0 heterocycles. The van der Waals surface area contributed by atoms with E-state index in [2.05, 4.69) is 15.9 Å². The van der Waals surface area contributed by atoms with Crippen LogP contribution in [0.4, 0.5) is 13.2 Å². The van der Waals surface area contributed by atoms with Crippen LogP contribution in [0.3, 0.4) is 0 Å². The van der Waals surface area contributed by atoms with E-state index >= 15 is 0 Å². The SMILES string of the molecule is CCOC(=O)C1(c2ccc(Br)cc2C(F)(F)F)CC1. The molecule has 0 aromatic heterocycles. The van der Waals surface area contributed by atoms with Crippen LogP contribution in [0.2, 0.25) is 0 Å². The highest BCUT2D eigenvalue weighted by Crippen LogP contribution is 2.53. The van der Waals surface area contributed by atoms with Crippen LogP contribution in [-0.2, 0) is 21.1 Å². The minimum atomic E-state index is -4.48. The number of alkyl halides is 3. The predicted octanol–water partition coefficient (Wildman–Crippen LogP) is 4.06. The van der Waals surface area contributed by atoms with Gasteiger partial charge in [0, 0.05) is 4.47 Å². The van der Waals surface area contributed by atoms with Gasteiger partial charge in [-0.1, -0.05) is 22.0 Å². The summed E-state index contributed by atoms with van der Waals surface area (Å²) in [6.07, 6.45) is -3.69. The summed E-state index contributed by atoms with van der Waals surface area (Å²) in [7, 11) is 0. The van der Waals surface area contributed by atoms with Crippen molar-refractivity contribution in [1.29, 1.82) is 0 Å². The van der Waals surface area contributed by atoms with Crippen molar-refractivity contribution in [2.24, 2.45) is 0 Å². The molecule has 1 aromatic carbocycles. The summed E-state index contributed by atoms with van der Waals surface area (Å²) >= 11 is 3.03. The minimum Gasteiger partial charge on any atom is -0.465 e. The summed E-state index contributed by atoms with van der Waals surface area (Å²) in [6.45, 7) is 1.80. The Kier molecular flexibility index (Phi) is 3.64. The number of esters is 1. The zero-order valence-corrected chi connectivity index (χ0v) is 11.8. The van der Waals surface area contributed by atoms with Crippen LogP contribution in [0, 0.1) is 0 Å². The quantitative estimate of drug-likeness (QED) is 0.778. The van der Waals surface area contributed by atoms with E-state index in [1.165, 1.54) is 12.1 Å². The molecule has 0 aliphatic heterocycles. The van der Waals surface area contributed by atoms with Crippen molar-refractivity contribution in [3.63, 3.8) is 0 Å². The molecule has 0 amide bonds. The molecular weight excluding hydrogens is 325 g/mol. The fraction of sp³-hybridized carbons (Fsp3) is 0.462. The molecule has 1 fully saturated rings. The van der Waals surface area contributed by atoms with E-state index in [1.54, 1.807) is 6.92 Å². The van der Waals surface area contributed by atoms with Gasteiger partial charge in [-0.2, -0.15) is 13.2 Å². The third-order valence-electron chi connectivity index (χ3n) is 3.22. The number of benzene rings is 1. The molecule has 1 saturated carbocycles. The Morgan fingerprint density at radius 1 is 1.42 bits per heavy atom. The lowest BCUT2D eigenvalue weighted by molar-refractivity contribution is -0.147. The smallest absolute Gasteiger partial charge is 0.416 e. The Morgan fingerprint density at radius 3 is 2.53 bits per heavy atom. The lowest BCUT2D eigenvalue weighted by atomic mass is 9.91. The van der Waals surface area contributed by atoms with Gasteiger partial charge in [-0.15, -0.1) is 0 Å². The molecule has 0 saturated heterocycles. The van der Waals surface area contributed by atoms with Crippen molar-refractivity contribution < 1.29 is 22.7 Å². The topological polar surface area (TPSA) is 26.3 Å². The highest BCUT2D eigenvalue weighted by atomic mass is 79.9. The van der Waals surface area contributed by atoms with Gasteiger partial charge in [0.15, 0.2) is 0 Å². The Hall–Kier alpha value is -1.04. The van der Waals surface area contributed by atoms with Crippen LogP contribution in [0.15, 0.2) is 22.7 Å². The molecule has 104 valence electrons. The van der Waals surface area contributed by atoms with E-state index in [0.717, 1.165) is 6.07 Å². The molecular formula is C13H12BrF3O2. The predicted molar refractivity (Wildman–Crippen MR) is 66.7 cm³/mol. The molecule has 0 radical (unpaired) electrons. The monoisotopic (exact) mass is 336 g/mol. The number of carbonyl (C=O) groups excluding carboxylic acids is 1. The van der Waals surface area contributed by atoms with Gasteiger partial charge in [-0.3, -0.25) is 4.79 Å². The van der Waals surface area contributed by atoms with Crippen LogP contribution in [-0.4, -0.2) is 12.6 Å². The van der Waals surface area contributed by atoms with Crippen molar-refractivity contribution in [1.82, 2.24) is 0 Å². The van der Waals surface area contributed by atoms with Gasteiger partial charge in [0.1, 0.15) is 0 Å². The highest BCUT2D eigenvalue weighted by Gasteiger charge is 2.56. The first kappa shape index (κ1) is 14.4. The second-order valence-corrected chi connectivity index (χ2v) is 5.41. The summed E-state index contributed by atoms with van der Waals surface area (Å²) in [6, 6.07) is 3.88. The van der Waals surface area contributed by atoms with Crippen LogP contribution < -0.4 is 0 Å². The summed E-state index contributed by atoms with van der Waals surface area (Å²) < 4.78 is 44.4. The van der Waals surface area contributed by atoms with Gasteiger partial charge in [0.2, 0.25) is 0 Å². The van der Waals surface area contributed by atoms with Crippen molar-refractivity contribution in [2.75, 3.05) is 6.61 Å². The fourth-order valence-corrected chi connectivity index (χ4v) is 2.51. The first-order valence-electron chi connectivity index (χ1n) is 5.86. The molecule has 0 bridgehead atoms. The Labute approximate surface area is 117 Å². The summed E-state index contributed by atoms with van der Waals surface area (Å²) in [5, 5.41) is 0. The maximum absolute atomic E-state index is 13.1. The van der Waals surface area contributed by atoms with E-state index in [9.17, 15) is 18.0 Å². The Bertz CT molecular complexity index is 507. The maximum Gasteiger partial charge on any atom is 0.416 e. The minimum absolute atomic E-state index is 0.0154. The van der Waals surface area contributed by atoms with E-state index < -0.39 is 23.1 Å². The third-order valence-corrected chi connectivity index (χ3v) is 3.71. The summed E-state index contributed by atoms with van der Waals surface area (Å²) in [5.74, 6) is -0.567. The number of carbonyl (C=O) groups is 1. The zero-order chi connectivity index (χ0) is 14.3. The average Bonchev–Trinajstić information content (AvgIpc) is 3.09. The molecule has 0 unspecified atom stereocenters. The van der Waals surface area contributed by atoms with Crippen LogP contribution in [0.25, 0.3) is 0 Å². The molecule has 1 aromatic rings. The van der Waals surface area contributed by atoms with Gasteiger partial charge in [0.25, 0.3) is 0 Å². The van der Waals surface area contributed by atoms with Gasteiger partial charge in [0.05, 0.1) is 17.6 Å². The first-order chi connectivity index (χ1) is 8.81. The number of rotatable bonds is 3. The maximum atomic E-state index is 13.1. The average molecular weight is 337 g/mol. The number of hydrogen-bond acceptors (Lipinski definition) is 2. The molecule has 19 heavy (non-hydrogen) atoms. The molecule has 1 aliphatic carbocycles. The normalized spacial score (nSPS) is 17.1. The molecule has 6 heteroatoms. The third kappa shape index (κ3) is 2.63. The van der Waals surface area contributed by atoms with Crippen molar-refractivity contribution in [3.05, 3.63) is 33.8 Å². The van der Waals surface area contributed by atoms with Gasteiger partial charge < -0.3 is 4.74 Å². The standard InChI is InChI=1S/C13H12BrF3O2/c1-2-19-11(18)12(5-6-12)9-4-3-8(14)7-10(9)13(15,16)17/h3-4,7H,2,5-6H2,1H3. The summed E-state index contributed by atoms with van der Waals surface area (Å²) in [4.78, 5) is 11.9. The largest absolute Gasteiger partial charge is 0.465 e. The van der Waals surface area contributed by atoms with E-state index in [4.69, 9.17) is 4.74 Å². The van der Waals surface area contributed by atoms with Crippen LogP contribution in [0.1, 0.15) is 30.9 Å². The van der Waals surface area contributed by atoms with E-state index in [-0.39, 0.29) is 12.2 Å². The molecule has 2 nitrogen and oxygen atoms in total. The number of hydrogen-bond donors (Lipinski definition) is 0. The second-order valence-electron chi connectivity index (χ2n) is 4.49. The van der Waals surface area contributed by atoms with Crippen molar-refractivity contribution >= 4 is 21.9 Å². The Balaban J connectivity index is 2.49. The zero-order valence-electron chi connectivity index (χ0n) is 10.2. The fourth-order valence-electron chi connectivity index (χ4n) is 2.15. The van der Waals surface area contributed by atoms with E-state index in [0.29, 0.717) is 17.3 Å². The summed E-state index contributed by atoms with van der Waals surface area (Å²) in [5.41, 5.74) is -1.87. The molecule has 0 N–H and O–H groups in total.